The van der Waals surface area contributed by atoms with Gasteiger partial charge in [0.15, 0.2) is 5.79 Å². The van der Waals surface area contributed by atoms with Crippen molar-refractivity contribution in [1.82, 2.24) is 5.32 Å². The van der Waals surface area contributed by atoms with E-state index in [9.17, 15) is 4.79 Å². The summed E-state index contributed by atoms with van der Waals surface area (Å²) in [6.45, 7) is 15.2. The van der Waals surface area contributed by atoms with Crippen molar-refractivity contribution in [2.24, 2.45) is 11.1 Å². The molecule has 1 amide bonds. The number of amides is 1. The van der Waals surface area contributed by atoms with Crippen LogP contribution < -0.4 is 15.8 Å². The first kappa shape index (κ1) is 26.4. The zero-order valence-electron chi connectivity index (χ0n) is 20.8. The summed E-state index contributed by atoms with van der Waals surface area (Å²) in [4.78, 5) is 12.1. The van der Waals surface area contributed by atoms with Crippen molar-refractivity contribution in [2.45, 2.75) is 91.3 Å². The van der Waals surface area contributed by atoms with Crippen molar-refractivity contribution in [1.29, 1.82) is 0 Å². The summed E-state index contributed by atoms with van der Waals surface area (Å²) in [5, 5.41) is 2.91. The van der Waals surface area contributed by atoms with E-state index < -0.39 is 17.5 Å². The highest BCUT2D eigenvalue weighted by atomic mass is 16.7. The molecule has 32 heavy (non-hydrogen) atoms. The Morgan fingerprint density at radius 3 is 2.41 bits per heavy atom. The van der Waals surface area contributed by atoms with Crippen LogP contribution in [-0.2, 0) is 20.6 Å². The highest BCUT2D eigenvalue weighted by Crippen LogP contribution is 2.29. The summed E-state index contributed by atoms with van der Waals surface area (Å²) in [5.41, 5.74) is 6.64. The fraction of sp³-hybridized carbons (Fsp3) is 0.720. The molecule has 1 saturated heterocycles. The van der Waals surface area contributed by atoms with Crippen molar-refractivity contribution in [3.8, 4) is 5.75 Å². The Bertz CT molecular complexity index is 725. The van der Waals surface area contributed by atoms with E-state index in [1.54, 1.807) is 0 Å². The number of carbonyl (C=O) groups is 1. The summed E-state index contributed by atoms with van der Waals surface area (Å²) in [6, 6.07) is 8.07. The van der Waals surface area contributed by atoms with Gasteiger partial charge in [-0.15, -0.1) is 0 Å². The van der Waals surface area contributed by atoms with Gasteiger partial charge in [-0.3, -0.25) is 0 Å². The van der Waals surface area contributed by atoms with Gasteiger partial charge >= 0.3 is 6.09 Å². The van der Waals surface area contributed by atoms with Gasteiger partial charge in [-0.25, -0.2) is 4.79 Å². The average molecular weight is 451 g/mol. The lowest BCUT2D eigenvalue weighted by Gasteiger charge is -2.30. The number of hydrogen-bond acceptors (Lipinski definition) is 6. The van der Waals surface area contributed by atoms with Crippen molar-refractivity contribution in [2.75, 3.05) is 19.8 Å². The van der Waals surface area contributed by atoms with Crippen molar-refractivity contribution >= 4 is 6.09 Å². The Hall–Kier alpha value is -1.83. The third-order valence-corrected chi connectivity index (χ3v) is 5.32. The molecule has 0 aliphatic carbocycles. The molecule has 0 spiro atoms. The molecule has 7 heteroatoms. The first-order valence-corrected chi connectivity index (χ1v) is 11.5. The number of aryl methyl sites for hydroxylation is 1. The Morgan fingerprint density at radius 1 is 1.22 bits per heavy atom. The van der Waals surface area contributed by atoms with E-state index in [1.807, 2.05) is 46.8 Å². The Balaban J connectivity index is 1.78. The number of ether oxygens (including phenoxy) is 4. The summed E-state index contributed by atoms with van der Waals surface area (Å²) < 4.78 is 22.5. The zero-order valence-corrected chi connectivity index (χ0v) is 20.8. The topological polar surface area (TPSA) is 92.0 Å². The first-order chi connectivity index (χ1) is 14.8. The van der Waals surface area contributed by atoms with Crippen LogP contribution in [0.3, 0.4) is 0 Å². The molecule has 0 bridgehead atoms. The minimum absolute atomic E-state index is 0.0147. The SMILES string of the molecule is CC(C)(CCc1ccc(OC[C@@H]2COC(C)(C)O2)cc1)C[C@@H](CN)NC(=O)OC(C)(C)C. The van der Waals surface area contributed by atoms with Crippen LogP contribution in [0.2, 0.25) is 0 Å². The largest absolute Gasteiger partial charge is 0.491 e. The molecule has 1 aromatic carbocycles. The smallest absolute Gasteiger partial charge is 0.407 e. The Kier molecular flexibility index (Phi) is 8.97. The maximum atomic E-state index is 12.1. The number of alkyl carbamates (subject to hydrolysis) is 1. The van der Waals surface area contributed by atoms with Crippen LogP contribution in [0.5, 0.6) is 5.75 Å². The number of carbonyl (C=O) groups excluding carboxylic acids is 1. The number of nitrogens with one attached hydrogen (secondary N) is 1. The Morgan fingerprint density at radius 2 is 1.88 bits per heavy atom. The van der Waals surface area contributed by atoms with E-state index >= 15 is 0 Å². The molecule has 0 radical (unpaired) electrons. The standard InChI is InChI=1S/C25H42N2O5/c1-23(2,3)32-22(28)27-19(15-26)14-24(4,5)13-12-18-8-10-20(11-9-18)29-16-21-17-30-25(6,7)31-21/h8-11,19,21H,12-17,26H2,1-7H3,(H,27,28)/t19-,21+/m0/s1. The number of nitrogens with two attached hydrogens (primary N) is 1. The molecule has 0 aromatic heterocycles. The van der Waals surface area contributed by atoms with Gasteiger partial charge in [0.25, 0.3) is 0 Å². The number of benzene rings is 1. The third kappa shape index (κ3) is 9.76. The van der Waals surface area contributed by atoms with Crippen LogP contribution >= 0.6 is 0 Å². The molecule has 182 valence electrons. The minimum Gasteiger partial charge on any atom is -0.491 e. The van der Waals surface area contributed by atoms with E-state index in [0.717, 1.165) is 25.0 Å². The third-order valence-electron chi connectivity index (χ3n) is 5.32. The molecular weight excluding hydrogens is 408 g/mol. The second-order valence-corrected chi connectivity index (χ2v) is 10.9. The van der Waals surface area contributed by atoms with Gasteiger partial charge in [0.05, 0.1) is 6.61 Å². The first-order valence-electron chi connectivity index (χ1n) is 11.5. The maximum Gasteiger partial charge on any atom is 0.407 e. The highest BCUT2D eigenvalue weighted by Gasteiger charge is 2.33. The molecule has 1 aliphatic rings. The number of rotatable bonds is 10. The maximum absolute atomic E-state index is 12.1. The molecule has 0 saturated carbocycles. The van der Waals surface area contributed by atoms with Gasteiger partial charge in [-0.1, -0.05) is 26.0 Å². The average Bonchev–Trinajstić information content (AvgIpc) is 3.02. The molecule has 1 aliphatic heterocycles. The molecule has 1 fully saturated rings. The van der Waals surface area contributed by atoms with E-state index in [4.69, 9.17) is 24.7 Å². The molecular formula is C25H42N2O5. The summed E-state index contributed by atoms with van der Waals surface area (Å²) in [7, 11) is 0. The van der Waals surface area contributed by atoms with E-state index in [-0.39, 0.29) is 17.6 Å². The van der Waals surface area contributed by atoms with Crippen LogP contribution in [0.4, 0.5) is 4.79 Å². The quantitative estimate of drug-likeness (QED) is 0.548. The molecule has 3 N–H and O–H groups in total. The monoisotopic (exact) mass is 450 g/mol. The lowest BCUT2D eigenvalue weighted by atomic mass is 9.80. The van der Waals surface area contributed by atoms with Gasteiger partial charge in [-0.05, 0) is 77.0 Å². The van der Waals surface area contributed by atoms with Crippen molar-refractivity contribution in [3.63, 3.8) is 0 Å². The lowest BCUT2D eigenvalue weighted by Crippen LogP contribution is -2.45. The zero-order chi connectivity index (χ0) is 24.0. The molecule has 0 unspecified atom stereocenters. The van der Waals surface area contributed by atoms with Crippen LogP contribution in [0, 0.1) is 5.41 Å². The van der Waals surface area contributed by atoms with Gasteiger partial charge < -0.3 is 30.0 Å². The van der Waals surface area contributed by atoms with Crippen LogP contribution in [0.1, 0.15) is 66.9 Å². The minimum atomic E-state index is -0.532. The van der Waals surface area contributed by atoms with E-state index in [2.05, 4.69) is 31.3 Å². The summed E-state index contributed by atoms with van der Waals surface area (Å²) in [6.07, 6.45) is 2.23. The van der Waals surface area contributed by atoms with Gasteiger partial charge in [0.2, 0.25) is 0 Å². The van der Waals surface area contributed by atoms with Gasteiger partial charge in [0.1, 0.15) is 24.1 Å². The fourth-order valence-electron chi connectivity index (χ4n) is 3.71. The summed E-state index contributed by atoms with van der Waals surface area (Å²) >= 11 is 0. The fourth-order valence-corrected chi connectivity index (χ4v) is 3.71. The normalized spacial score (nSPS) is 19.4. The Labute approximate surface area is 193 Å². The number of hydrogen-bond donors (Lipinski definition) is 2. The van der Waals surface area contributed by atoms with Crippen LogP contribution in [-0.4, -0.2) is 49.4 Å². The predicted molar refractivity (Wildman–Crippen MR) is 126 cm³/mol. The molecule has 1 aromatic rings. The van der Waals surface area contributed by atoms with E-state index in [1.165, 1.54) is 5.56 Å². The molecule has 2 atom stereocenters. The van der Waals surface area contributed by atoms with Crippen LogP contribution in [0.15, 0.2) is 24.3 Å². The molecule has 7 nitrogen and oxygen atoms in total. The molecule has 1 heterocycles. The van der Waals surface area contributed by atoms with Gasteiger partial charge in [0, 0.05) is 12.6 Å². The summed E-state index contributed by atoms with van der Waals surface area (Å²) in [5.74, 6) is 0.293. The van der Waals surface area contributed by atoms with Crippen molar-refractivity contribution in [3.05, 3.63) is 29.8 Å². The second-order valence-electron chi connectivity index (χ2n) is 10.9. The highest BCUT2D eigenvalue weighted by molar-refractivity contribution is 5.68. The van der Waals surface area contributed by atoms with E-state index in [0.29, 0.717) is 19.8 Å². The van der Waals surface area contributed by atoms with Crippen molar-refractivity contribution < 1.29 is 23.7 Å². The lowest BCUT2D eigenvalue weighted by molar-refractivity contribution is -0.141. The predicted octanol–water partition coefficient (Wildman–Crippen LogP) is 4.42. The second kappa shape index (κ2) is 10.9. The molecule has 2 rings (SSSR count). The van der Waals surface area contributed by atoms with Gasteiger partial charge in [-0.2, -0.15) is 0 Å². The van der Waals surface area contributed by atoms with Crippen LogP contribution in [0.25, 0.3) is 0 Å².